The molecule has 1 saturated heterocycles. The Morgan fingerprint density at radius 1 is 1.04 bits per heavy atom. The lowest BCUT2D eigenvalue weighted by atomic mass is 10.3. The second-order valence-corrected chi connectivity index (χ2v) is 6.97. The molecule has 4 rings (SSSR count). The van der Waals surface area contributed by atoms with E-state index in [2.05, 4.69) is 26.4 Å². The summed E-state index contributed by atoms with van der Waals surface area (Å²) in [5, 5.41) is 0. The Hall–Kier alpha value is -2.67. The lowest BCUT2D eigenvalue weighted by molar-refractivity contribution is -0.133. The number of carbonyl (C=O) groups excluding carboxylic acids is 1. The molecular formula is C20H26N6O. The third kappa shape index (κ3) is 3.88. The molecule has 7 nitrogen and oxygen atoms in total. The van der Waals surface area contributed by atoms with Crippen molar-refractivity contribution >= 4 is 16.9 Å². The fourth-order valence-corrected chi connectivity index (χ4v) is 3.71. The van der Waals surface area contributed by atoms with Crippen molar-refractivity contribution in [2.45, 2.75) is 26.4 Å². The average molecular weight is 366 g/mol. The first-order chi connectivity index (χ1) is 13.2. The maximum atomic E-state index is 12.7. The number of carbonyl (C=O) groups is 1. The molecule has 142 valence electrons. The van der Waals surface area contributed by atoms with Crippen LogP contribution < -0.4 is 0 Å². The number of hydrogen-bond donors (Lipinski definition) is 0. The molecule has 0 spiro atoms. The van der Waals surface area contributed by atoms with Gasteiger partial charge in [0.15, 0.2) is 0 Å². The SMILES string of the molecule is CCc1nccn1CCN1CCN(C(=O)Cn2cnc3ccccc32)CC1. The van der Waals surface area contributed by atoms with Gasteiger partial charge in [0.25, 0.3) is 0 Å². The Kier molecular flexibility index (Phi) is 5.20. The summed E-state index contributed by atoms with van der Waals surface area (Å²) >= 11 is 0. The highest BCUT2D eigenvalue weighted by molar-refractivity contribution is 5.80. The molecule has 0 unspecified atom stereocenters. The molecule has 1 aromatic carbocycles. The third-order valence-electron chi connectivity index (χ3n) is 5.33. The minimum absolute atomic E-state index is 0.167. The van der Waals surface area contributed by atoms with Crippen molar-refractivity contribution < 1.29 is 4.79 Å². The van der Waals surface area contributed by atoms with E-state index >= 15 is 0 Å². The molecule has 0 aliphatic carbocycles. The molecule has 0 bridgehead atoms. The summed E-state index contributed by atoms with van der Waals surface area (Å²) in [5.41, 5.74) is 1.94. The van der Waals surface area contributed by atoms with Crippen LogP contribution in [0, 0.1) is 0 Å². The summed E-state index contributed by atoms with van der Waals surface area (Å²) in [5.74, 6) is 1.30. The molecule has 2 aromatic heterocycles. The predicted octanol–water partition coefficient (Wildman–Crippen LogP) is 1.64. The molecular weight excluding hydrogens is 340 g/mol. The van der Waals surface area contributed by atoms with Gasteiger partial charge in [-0.3, -0.25) is 9.69 Å². The Bertz CT molecular complexity index is 906. The van der Waals surface area contributed by atoms with Gasteiger partial charge in [-0.25, -0.2) is 9.97 Å². The van der Waals surface area contributed by atoms with E-state index in [0.29, 0.717) is 6.54 Å². The Balaban J connectivity index is 1.28. The van der Waals surface area contributed by atoms with Gasteiger partial charge < -0.3 is 14.0 Å². The first-order valence-corrected chi connectivity index (χ1v) is 9.64. The Morgan fingerprint density at radius 3 is 2.67 bits per heavy atom. The van der Waals surface area contributed by atoms with Gasteiger partial charge in [-0.05, 0) is 12.1 Å². The molecule has 1 amide bonds. The number of aromatic nitrogens is 4. The maximum absolute atomic E-state index is 12.7. The van der Waals surface area contributed by atoms with Gasteiger partial charge in [0.05, 0.1) is 17.4 Å². The van der Waals surface area contributed by atoms with E-state index in [4.69, 9.17) is 0 Å². The van der Waals surface area contributed by atoms with Crippen molar-refractivity contribution in [2.24, 2.45) is 0 Å². The van der Waals surface area contributed by atoms with Crippen molar-refractivity contribution in [1.82, 2.24) is 28.9 Å². The highest BCUT2D eigenvalue weighted by Gasteiger charge is 2.21. The van der Waals surface area contributed by atoms with Crippen LogP contribution in [-0.4, -0.2) is 67.5 Å². The second-order valence-electron chi connectivity index (χ2n) is 6.97. The number of rotatable bonds is 6. The molecule has 3 aromatic rings. The zero-order valence-corrected chi connectivity index (χ0v) is 15.8. The zero-order chi connectivity index (χ0) is 18.6. The first-order valence-electron chi connectivity index (χ1n) is 9.64. The quantitative estimate of drug-likeness (QED) is 0.665. The van der Waals surface area contributed by atoms with E-state index < -0.39 is 0 Å². The van der Waals surface area contributed by atoms with Gasteiger partial charge in [0.2, 0.25) is 5.91 Å². The van der Waals surface area contributed by atoms with E-state index in [9.17, 15) is 4.79 Å². The molecule has 1 fully saturated rings. The maximum Gasteiger partial charge on any atom is 0.242 e. The van der Waals surface area contributed by atoms with Gasteiger partial charge in [0, 0.05) is 58.1 Å². The minimum atomic E-state index is 0.167. The van der Waals surface area contributed by atoms with Crippen LogP contribution >= 0.6 is 0 Å². The van der Waals surface area contributed by atoms with E-state index in [1.165, 1.54) is 0 Å². The summed E-state index contributed by atoms with van der Waals surface area (Å²) < 4.78 is 4.16. The Morgan fingerprint density at radius 2 is 1.85 bits per heavy atom. The fraction of sp³-hybridized carbons (Fsp3) is 0.450. The van der Waals surface area contributed by atoms with Gasteiger partial charge >= 0.3 is 0 Å². The summed E-state index contributed by atoms with van der Waals surface area (Å²) in [6.07, 6.45) is 6.64. The number of amides is 1. The molecule has 0 N–H and O–H groups in total. The molecule has 3 heterocycles. The number of para-hydroxylation sites is 2. The second kappa shape index (κ2) is 7.92. The smallest absolute Gasteiger partial charge is 0.242 e. The number of piperazine rings is 1. The fourth-order valence-electron chi connectivity index (χ4n) is 3.71. The summed E-state index contributed by atoms with van der Waals surface area (Å²) in [4.78, 5) is 25.8. The van der Waals surface area contributed by atoms with Gasteiger partial charge in [-0.2, -0.15) is 0 Å². The summed E-state index contributed by atoms with van der Waals surface area (Å²) in [7, 11) is 0. The number of hydrogen-bond acceptors (Lipinski definition) is 4. The van der Waals surface area contributed by atoms with Crippen LogP contribution in [0.25, 0.3) is 11.0 Å². The van der Waals surface area contributed by atoms with E-state index in [1.807, 2.05) is 46.1 Å². The Labute approximate surface area is 159 Å². The van der Waals surface area contributed by atoms with Crippen molar-refractivity contribution in [3.63, 3.8) is 0 Å². The van der Waals surface area contributed by atoms with Crippen molar-refractivity contribution in [2.75, 3.05) is 32.7 Å². The monoisotopic (exact) mass is 366 g/mol. The number of imidazole rings is 2. The van der Waals surface area contributed by atoms with Crippen LogP contribution in [0.15, 0.2) is 43.0 Å². The normalized spacial score (nSPS) is 15.5. The number of aryl methyl sites for hydroxylation is 1. The zero-order valence-electron chi connectivity index (χ0n) is 15.8. The number of benzene rings is 1. The van der Waals surface area contributed by atoms with Crippen LogP contribution in [0.2, 0.25) is 0 Å². The largest absolute Gasteiger partial charge is 0.339 e. The van der Waals surface area contributed by atoms with Crippen molar-refractivity contribution in [1.29, 1.82) is 0 Å². The third-order valence-corrected chi connectivity index (χ3v) is 5.33. The standard InChI is InChI=1S/C20H26N6O/c1-2-19-21-7-8-24(19)12-9-23-10-13-25(14-11-23)20(27)15-26-16-22-17-5-3-4-6-18(17)26/h3-8,16H,2,9-15H2,1H3. The molecule has 1 aliphatic rings. The van der Waals surface area contributed by atoms with Crippen LogP contribution in [0.4, 0.5) is 0 Å². The highest BCUT2D eigenvalue weighted by Crippen LogP contribution is 2.13. The molecule has 27 heavy (non-hydrogen) atoms. The van der Waals surface area contributed by atoms with E-state index in [-0.39, 0.29) is 5.91 Å². The van der Waals surface area contributed by atoms with Crippen molar-refractivity contribution in [3.05, 3.63) is 48.8 Å². The molecule has 0 radical (unpaired) electrons. The summed E-state index contributed by atoms with van der Waals surface area (Å²) in [6, 6.07) is 7.93. The predicted molar refractivity (Wildman–Crippen MR) is 104 cm³/mol. The molecule has 7 heteroatoms. The highest BCUT2D eigenvalue weighted by atomic mass is 16.2. The minimum Gasteiger partial charge on any atom is -0.339 e. The average Bonchev–Trinajstić information content (AvgIpc) is 3.33. The number of fused-ring (bicyclic) bond motifs is 1. The van der Waals surface area contributed by atoms with E-state index in [1.54, 1.807) is 6.33 Å². The lowest BCUT2D eigenvalue weighted by Gasteiger charge is -2.35. The number of nitrogens with zero attached hydrogens (tertiary/aromatic N) is 6. The van der Waals surface area contributed by atoms with E-state index in [0.717, 1.165) is 62.5 Å². The molecule has 0 atom stereocenters. The summed E-state index contributed by atoms with van der Waals surface area (Å²) in [6.45, 7) is 7.86. The van der Waals surface area contributed by atoms with Gasteiger partial charge in [-0.15, -0.1) is 0 Å². The van der Waals surface area contributed by atoms with Gasteiger partial charge in [0.1, 0.15) is 12.4 Å². The van der Waals surface area contributed by atoms with Gasteiger partial charge in [-0.1, -0.05) is 19.1 Å². The van der Waals surface area contributed by atoms with Crippen molar-refractivity contribution in [3.8, 4) is 0 Å². The first kappa shape index (κ1) is 17.7. The van der Waals surface area contributed by atoms with Crippen LogP contribution in [0.1, 0.15) is 12.7 Å². The van der Waals surface area contributed by atoms with Crippen LogP contribution in [0.5, 0.6) is 0 Å². The molecule has 1 aliphatic heterocycles. The molecule has 0 saturated carbocycles. The van der Waals surface area contributed by atoms with Crippen LogP contribution in [0.3, 0.4) is 0 Å². The van der Waals surface area contributed by atoms with Crippen LogP contribution in [-0.2, 0) is 24.3 Å². The topological polar surface area (TPSA) is 59.2 Å². The lowest BCUT2D eigenvalue weighted by Crippen LogP contribution is -2.50.